The molecule has 1 N–H and O–H groups in total. The highest BCUT2D eigenvalue weighted by atomic mass is 35.5. The Bertz CT molecular complexity index is 670. The lowest BCUT2D eigenvalue weighted by Crippen LogP contribution is -2.18. The van der Waals surface area contributed by atoms with Crippen molar-refractivity contribution in [1.82, 2.24) is 5.32 Å². The number of halogens is 1. The third-order valence-electron chi connectivity index (χ3n) is 3.37. The van der Waals surface area contributed by atoms with E-state index in [1.807, 2.05) is 0 Å². The molecule has 2 aromatic rings. The number of nitro groups is 1. The number of aryl methyl sites for hydroxylation is 2. The average Bonchev–Trinajstić information content (AvgIpc) is 2.76. The maximum absolute atomic E-state index is 10.9. The van der Waals surface area contributed by atoms with Gasteiger partial charge in [-0.1, -0.05) is 17.7 Å². The van der Waals surface area contributed by atoms with Gasteiger partial charge >= 0.3 is 0 Å². The molecular formula is C15H17ClN2O2S. The zero-order valence-corrected chi connectivity index (χ0v) is 13.7. The van der Waals surface area contributed by atoms with Crippen molar-refractivity contribution in [3.8, 4) is 0 Å². The van der Waals surface area contributed by atoms with Gasteiger partial charge in [0.05, 0.1) is 4.92 Å². The Hall–Kier alpha value is -1.43. The summed E-state index contributed by atoms with van der Waals surface area (Å²) in [6, 6.07) is 7.28. The first-order valence-electron chi connectivity index (χ1n) is 6.61. The zero-order valence-electron chi connectivity index (χ0n) is 12.1. The van der Waals surface area contributed by atoms with Gasteiger partial charge in [-0.25, -0.2) is 0 Å². The van der Waals surface area contributed by atoms with Crippen LogP contribution in [-0.4, -0.2) is 4.92 Å². The first-order valence-corrected chi connectivity index (χ1v) is 7.81. The monoisotopic (exact) mass is 324 g/mol. The fraction of sp³-hybridized carbons (Fsp3) is 0.333. The standard InChI is InChI=1S/C15H17ClN2O2S/c1-9-6-13(11(3)21-9)10(2)17-8-12-4-5-14(16)15(7-12)18(19)20/h4-7,10,17H,8H2,1-3H3. The summed E-state index contributed by atoms with van der Waals surface area (Å²) in [7, 11) is 0. The van der Waals surface area contributed by atoms with Crippen LogP contribution in [0.3, 0.4) is 0 Å². The summed E-state index contributed by atoms with van der Waals surface area (Å²) in [5.74, 6) is 0. The van der Waals surface area contributed by atoms with Crippen LogP contribution < -0.4 is 5.32 Å². The van der Waals surface area contributed by atoms with Crippen molar-refractivity contribution in [2.45, 2.75) is 33.4 Å². The molecule has 2 rings (SSSR count). The van der Waals surface area contributed by atoms with Crippen LogP contribution in [0.2, 0.25) is 5.02 Å². The summed E-state index contributed by atoms with van der Waals surface area (Å²) < 4.78 is 0. The van der Waals surface area contributed by atoms with Gasteiger partial charge in [0, 0.05) is 28.4 Å². The second-order valence-corrected chi connectivity index (χ2v) is 6.88. The number of hydrogen-bond donors (Lipinski definition) is 1. The molecular weight excluding hydrogens is 308 g/mol. The molecule has 0 spiro atoms. The number of benzene rings is 1. The Balaban J connectivity index is 2.08. The van der Waals surface area contributed by atoms with E-state index >= 15 is 0 Å². The van der Waals surface area contributed by atoms with Crippen molar-refractivity contribution in [3.63, 3.8) is 0 Å². The fourth-order valence-electron chi connectivity index (χ4n) is 2.27. The summed E-state index contributed by atoms with van der Waals surface area (Å²) in [4.78, 5) is 13.0. The molecule has 0 aliphatic carbocycles. The van der Waals surface area contributed by atoms with E-state index in [0.29, 0.717) is 6.54 Å². The number of rotatable bonds is 5. The van der Waals surface area contributed by atoms with E-state index < -0.39 is 4.92 Å². The van der Waals surface area contributed by atoms with Gasteiger partial charge < -0.3 is 5.32 Å². The minimum absolute atomic E-state index is 0.0498. The molecule has 112 valence electrons. The van der Waals surface area contributed by atoms with E-state index in [2.05, 4.69) is 32.2 Å². The second-order valence-electron chi connectivity index (χ2n) is 5.01. The highest BCUT2D eigenvalue weighted by Gasteiger charge is 2.14. The third kappa shape index (κ3) is 3.81. The van der Waals surface area contributed by atoms with Crippen LogP contribution in [0.1, 0.15) is 33.8 Å². The molecule has 1 unspecified atom stereocenters. The van der Waals surface area contributed by atoms with Gasteiger partial charge in [0.15, 0.2) is 0 Å². The van der Waals surface area contributed by atoms with E-state index in [1.54, 1.807) is 23.5 Å². The molecule has 4 nitrogen and oxygen atoms in total. The Labute approximate surface area is 132 Å². The van der Waals surface area contributed by atoms with Crippen molar-refractivity contribution < 1.29 is 4.92 Å². The van der Waals surface area contributed by atoms with Gasteiger partial charge in [0.1, 0.15) is 5.02 Å². The van der Waals surface area contributed by atoms with E-state index in [9.17, 15) is 10.1 Å². The topological polar surface area (TPSA) is 55.2 Å². The van der Waals surface area contributed by atoms with E-state index in [0.717, 1.165) is 5.56 Å². The van der Waals surface area contributed by atoms with E-state index in [4.69, 9.17) is 11.6 Å². The van der Waals surface area contributed by atoms with Gasteiger partial charge in [0.2, 0.25) is 0 Å². The van der Waals surface area contributed by atoms with E-state index in [1.165, 1.54) is 21.4 Å². The summed E-state index contributed by atoms with van der Waals surface area (Å²) >= 11 is 7.59. The van der Waals surface area contributed by atoms with Crippen LogP contribution in [-0.2, 0) is 6.54 Å². The highest BCUT2D eigenvalue weighted by Crippen LogP contribution is 2.27. The predicted octanol–water partition coefficient (Wildman–Crippen LogP) is 4.78. The molecule has 0 amide bonds. The number of hydrogen-bond acceptors (Lipinski definition) is 4. The van der Waals surface area contributed by atoms with Crippen LogP contribution in [0.5, 0.6) is 0 Å². The highest BCUT2D eigenvalue weighted by molar-refractivity contribution is 7.12. The third-order valence-corrected chi connectivity index (χ3v) is 4.67. The first kappa shape index (κ1) is 15.9. The smallest absolute Gasteiger partial charge is 0.288 e. The normalized spacial score (nSPS) is 12.4. The van der Waals surface area contributed by atoms with E-state index in [-0.39, 0.29) is 16.8 Å². The fourth-order valence-corrected chi connectivity index (χ4v) is 3.48. The molecule has 0 aliphatic rings. The number of thiophene rings is 1. The minimum atomic E-state index is -0.457. The second kappa shape index (κ2) is 6.56. The lowest BCUT2D eigenvalue weighted by atomic mass is 10.1. The van der Waals surface area contributed by atoms with Gasteiger partial charge in [-0.2, -0.15) is 0 Å². The quantitative estimate of drug-likeness (QED) is 0.636. The molecule has 0 aliphatic heterocycles. The largest absolute Gasteiger partial charge is 0.306 e. The van der Waals surface area contributed by atoms with Crippen molar-refractivity contribution >= 4 is 28.6 Å². The maximum Gasteiger partial charge on any atom is 0.288 e. The van der Waals surface area contributed by atoms with Crippen molar-refractivity contribution in [3.05, 3.63) is 60.3 Å². The molecule has 1 heterocycles. The average molecular weight is 325 g/mol. The SMILES string of the molecule is Cc1cc(C(C)NCc2ccc(Cl)c([N+](=O)[O-])c2)c(C)s1. The molecule has 1 atom stereocenters. The van der Waals surface area contributed by atoms with Crippen LogP contribution in [0.15, 0.2) is 24.3 Å². The molecule has 21 heavy (non-hydrogen) atoms. The molecule has 0 saturated heterocycles. The Morgan fingerprint density at radius 2 is 2.10 bits per heavy atom. The Morgan fingerprint density at radius 3 is 2.67 bits per heavy atom. The summed E-state index contributed by atoms with van der Waals surface area (Å²) in [6.45, 7) is 6.86. The van der Waals surface area contributed by atoms with Crippen LogP contribution in [0.25, 0.3) is 0 Å². The Morgan fingerprint density at radius 1 is 1.38 bits per heavy atom. The first-order chi connectivity index (χ1) is 9.88. The molecule has 0 bridgehead atoms. The molecule has 0 fully saturated rings. The molecule has 0 saturated carbocycles. The lowest BCUT2D eigenvalue weighted by molar-refractivity contribution is -0.384. The van der Waals surface area contributed by atoms with Gasteiger partial charge in [0.25, 0.3) is 5.69 Å². The maximum atomic E-state index is 10.9. The Kier molecular flexibility index (Phi) is 4.98. The molecule has 1 aromatic heterocycles. The van der Waals surface area contributed by atoms with Crippen LogP contribution in [0, 0.1) is 24.0 Å². The molecule has 1 aromatic carbocycles. The van der Waals surface area contributed by atoms with Crippen LogP contribution in [0.4, 0.5) is 5.69 Å². The molecule has 0 radical (unpaired) electrons. The van der Waals surface area contributed by atoms with Crippen LogP contribution >= 0.6 is 22.9 Å². The van der Waals surface area contributed by atoms with Gasteiger partial charge in [-0.15, -0.1) is 11.3 Å². The van der Waals surface area contributed by atoms with Crippen molar-refractivity contribution in [2.24, 2.45) is 0 Å². The lowest BCUT2D eigenvalue weighted by Gasteiger charge is -2.14. The number of nitrogens with one attached hydrogen (secondary N) is 1. The number of nitro benzene ring substituents is 1. The van der Waals surface area contributed by atoms with Crippen molar-refractivity contribution in [1.29, 1.82) is 0 Å². The summed E-state index contributed by atoms with van der Waals surface area (Å²) in [5, 5.41) is 14.4. The minimum Gasteiger partial charge on any atom is -0.306 e. The van der Waals surface area contributed by atoms with Gasteiger partial charge in [-0.05, 0) is 44.0 Å². The van der Waals surface area contributed by atoms with Gasteiger partial charge in [-0.3, -0.25) is 10.1 Å². The summed E-state index contributed by atoms with van der Waals surface area (Å²) in [6.07, 6.45) is 0. The van der Waals surface area contributed by atoms with Crippen molar-refractivity contribution in [2.75, 3.05) is 0 Å². The predicted molar refractivity (Wildman–Crippen MR) is 87.2 cm³/mol. The summed E-state index contributed by atoms with van der Waals surface area (Å²) in [5.41, 5.74) is 2.08. The zero-order chi connectivity index (χ0) is 15.6. The molecule has 6 heteroatoms. The number of nitrogens with zero attached hydrogens (tertiary/aromatic N) is 1.